The minimum Gasteiger partial charge on any atom is -0.314 e. The van der Waals surface area contributed by atoms with Gasteiger partial charge in [0.25, 0.3) is 0 Å². The molecule has 1 saturated carbocycles. The molecule has 1 heterocycles. The molecule has 2 heteroatoms. The van der Waals surface area contributed by atoms with Gasteiger partial charge in [-0.25, -0.2) is 0 Å². The SMILES string of the molecule is CCNC1CCC(C)(C)CC1CN1CCC(C)CC1. The van der Waals surface area contributed by atoms with E-state index >= 15 is 0 Å². The molecule has 1 aliphatic heterocycles. The van der Waals surface area contributed by atoms with Crippen LogP contribution >= 0.6 is 0 Å². The summed E-state index contributed by atoms with van der Waals surface area (Å²) in [5.74, 6) is 1.81. The van der Waals surface area contributed by atoms with E-state index in [0.29, 0.717) is 5.41 Å². The minimum atomic E-state index is 0.555. The second kappa shape index (κ2) is 6.58. The summed E-state index contributed by atoms with van der Waals surface area (Å²) < 4.78 is 0. The van der Waals surface area contributed by atoms with E-state index in [1.54, 1.807) is 0 Å². The van der Waals surface area contributed by atoms with E-state index in [2.05, 4.69) is 37.9 Å². The van der Waals surface area contributed by atoms with Gasteiger partial charge >= 0.3 is 0 Å². The van der Waals surface area contributed by atoms with Crippen molar-refractivity contribution < 1.29 is 0 Å². The quantitative estimate of drug-likeness (QED) is 0.837. The Balaban J connectivity index is 1.89. The van der Waals surface area contributed by atoms with Crippen molar-refractivity contribution >= 4 is 0 Å². The van der Waals surface area contributed by atoms with Crippen LogP contribution in [0.3, 0.4) is 0 Å². The molecule has 19 heavy (non-hydrogen) atoms. The number of nitrogens with one attached hydrogen (secondary N) is 1. The summed E-state index contributed by atoms with van der Waals surface area (Å²) in [6, 6.07) is 0.761. The molecular weight excluding hydrogens is 232 g/mol. The maximum absolute atomic E-state index is 3.74. The third-order valence-corrected chi connectivity index (χ3v) is 5.35. The Bertz CT molecular complexity index is 266. The van der Waals surface area contributed by atoms with Crippen LogP contribution in [-0.4, -0.2) is 37.1 Å². The van der Waals surface area contributed by atoms with Crippen molar-refractivity contribution in [1.29, 1.82) is 0 Å². The molecule has 1 aliphatic carbocycles. The Morgan fingerprint density at radius 1 is 1.16 bits per heavy atom. The van der Waals surface area contributed by atoms with Crippen LogP contribution < -0.4 is 5.32 Å². The minimum absolute atomic E-state index is 0.555. The molecular formula is C17H34N2. The first-order valence-corrected chi connectivity index (χ1v) is 8.46. The maximum atomic E-state index is 3.74. The van der Waals surface area contributed by atoms with Crippen LogP contribution in [0.2, 0.25) is 0 Å². The molecule has 0 amide bonds. The molecule has 2 atom stereocenters. The lowest BCUT2D eigenvalue weighted by Gasteiger charge is -2.44. The van der Waals surface area contributed by atoms with Crippen LogP contribution in [0, 0.1) is 17.3 Å². The largest absolute Gasteiger partial charge is 0.314 e. The van der Waals surface area contributed by atoms with Gasteiger partial charge in [-0.05, 0) is 69.0 Å². The van der Waals surface area contributed by atoms with E-state index in [0.717, 1.165) is 24.4 Å². The fraction of sp³-hybridized carbons (Fsp3) is 1.00. The van der Waals surface area contributed by atoms with Crippen molar-refractivity contribution in [3.05, 3.63) is 0 Å². The predicted molar refractivity (Wildman–Crippen MR) is 83.4 cm³/mol. The van der Waals surface area contributed by atoms with Gasteiger partial charge in [-0.3, -0.25) is 0 Å². The van der Waals surface area contributed by atoms with Crippen molar-refractivity contribution in [3.63, 3.8) is 0 Å². The Morgan fingerprint density at radius 2 is 1.84 bits per heavy atom. The molecule has 2 fully saturated rings. The summed E-state index contributed by atoms with van der Waals surface area (Å²) in [5.41, 5.74) is 0.555. The van der Waals surface area contributed by atoms with E-state index in [-0.39, 0.29) is 0 Å². The van der Waals surface area contributed by atoms with Gasteiger partial charge in [0, 0.05) is 12.6 Å². The van der Waals surface area contributed by atoms with Crippen LogP contribution in [0.15, 0.2) is 0 Å². The summed E-state index contributed by atoms with van der Waals surface area (Å²) in [5, 5.41) is 3.74. The van der Waals surface area contributed by atoms with Crippen LogP contribution in [0.25, 0.3) is 0 Å². The molecule has 0 spiro atoms. The third kappa shape index (κ3) is 4.46. The molecule has 0 radical (unpaired) electrons. The summed E-state index contributed by atoms with van der Waals surface area (Å²) in [6.45, 7) is 14.7. The summed E-state index contributed by atoms with van der Waals surface area (Å²) in [6.07, 6.45) is 6.97. The highest BCUT2D eigenvalue weighted by Crippen LogP contribution is 2.39. The van der Waals surface area contributed by atoms with Crippen molar-refractivity contribution in [1.82, 2.24) is 10.2 Å². The number of rotatable bonds is 4. The van der Waals surface area contributed by atoms with Crippen LogP contribution in [0.4, 0.5) is 0 Å². The van der Waals surface area contributed by atoms with Crippen molar-refractivity contribution in [2.45, 2.75) is 65.8 Å². The number of piperidine rings is 1. The van der Waals surface area contributed by atoms with Gasteiger partial charge < -0.3 is 10.2 Å². The highest BCUT2D eigenvalue weighted by molar-refractivity contribution is 4.90. The molecule has 112 valence electrons. The smallest absolute Gasteiger partial charge is 0.0108 e. The molecule has 2 nitrogen and oxygen atoms in total. The molecule has 1 saturated heterocycles. The Kier molecular flexibility index (Phi) is 5.30. The topological polar surface area (TPSA) is 15.3 Å². The third-order valence-electron chi connectivity index (χ3n) is 5.35. The second-order valence-electron chi connectivity index (χ2n) is 7.81. The molecule has 1 N–H and O–H groups in total. The fourth-order valence-electron chi connectivity index (χ4n) is 4.04. The standard InChI is InChI=1S/C17H34N2/c1-5-18-16-6-9-17(3,4)12-15(16)13-19-10-7-14(2)8-11-19/h14-16,18H,5-13H2,1-4H3. The fourth-order valence-corrected chi connectivity index (χ4v) is 4.04. The van der Waals surface area contributed by atoms with Gasteiger partial charge in [-0.2, -0.15) is 0 Å². The van der Waals surface area contributed by atoms with E-state index in [1.807, 2.05) is 0 Å². The van der Waals surface area contributed by atoms with Gasteiger partial charge in [-0.15, -0.1) is 0 Å². The summed E-state index contributed by atoms with van der Waals surface area (Å²) in [4.78, 5) is 2.73. The normalized spacial score (nSPS) is 33.5. The van der Waals surface area contributed by atoms with Gasteiger partial charge in [0.15, 0.2) is 0 Å². The Labute approximate surface area is 120 Å². The number of hydrogen-bond donors (Lipinski definition) is 1. The first-order chi connectivity index (χ1) is 9.00. The zero-order valence-electron chi connectivity index (χ0n) is 13.5. The van der Waals surface area contributed by atoms with Gasteiger partial charge in [0.1, 0.15) is 0 Å². The number of likely N-dealkylation sites (tertiary alicyclic amines) is 1. The molecule has 0 bridgehead atoms. The van der Waals surface area contributed by atoms with Gasteiger partial charge in [-0.1, -0.05) is 27.7 Å². The van der Waals surface area contributed by atoms with E-state index < -0.39 is 0 Å². The highest BCUT2D eigenvalue weighted by Gasteiger charge is 2.35. The number of hydrogen-bond acceptors (Lipinski definition) is 2. The van der Waals surface area contributed by atoms with Crippen LogP contribution in [-0.2, 0) is 0 Å². The first-order valence-electron chi connectivity index (χ1n) is 8.46. The zero-order chi connectivity index (χ0) is 13.9. The summed E-state index contributed by atoms with van der Waals surface area (Å²) in [7, 11) is 0. The van der Waals surface area contributed by atoms with Gasteiger partial charge in [0.05, 0.1) is 0 Å². The predicted octanol–water partition coefficient (Wildman–Crippen LogP) is 3.52. The lowest BCUT2D eigenvalue weighted by Crippen LogP contribution is -2.48. The van der Waals surface area contributed by atoms with Crippen LogP contribution in [0.5, 0.6) is 0 Å². The molecule has 2 unspecified atom stereocenters. The lowest BCUT2D eigenvalue weighted by molar-refractivity contribution is 0.0855. The first kappa shape index (κ1) is 15.3. The van der Waals surface area contributed by atoms with Crippen molar-refractivity contribution in [2.24, 2.45) is 17.3 Å². The Hall–Kier alpha value is -0.0800. The monoisotopic (exact) mass is 266 g/mol. The second-order valence-corrected chi connectivity index (χ2v) is 7.81. The average molecular weight is 266 g/mol. The van der Waals surface area contributed by atoms with Crippen molar-refractivity contribution in [2.75, 3.05) is 26.2 Å². The molecule has 2 rings (SSSR count). The molecule has 2 aliphatic rings. The Morgan fingerprint density at radius 3 is 2.47 bits per heavy atom. The van der Waals surface area contributed by atoms with Gasteiger partial charge in [0.2, 0.25) is 0 Å². The molecule has 0 aromatic rings. The van der Waals surface area contributed by atoms with E-state index in [9.17, 15) is 0 Å². The highest BCUT2D eigenvalue weighted by atomic mass is 15.1. The van der Waals surface area contributed by atoms with Crippen molar-refractivity contribution in [3.8, 4) is 0 Å². The molecule has 0 aromatic heterocycles. The van der Waals surface area contributed by atoms with Crippen LogP contribution in [0.1, 0.15) is 59.8 Å². The molecule has 0 aromatic carbocycles. The van der Waals surface area contributed by atoms with E-state index in [4.69, 9.17) is 0 Å². The zero-order valence-corrected chi connectivity index (χ0v) is 13.5. The van der Waals surface area contributed by atoms with E-state index in [1.165, 1.54) is 51.7 Å². The lowest BCUT2D eigenvalue weighted by atomic mass is 9.69. The summed E-state index contributed by atoms with van der Waals surface area (Å²) >= 11 is 0. The maximum Gasteiger partial charge on any atom is 0.0108 e. The average Bonchev–Trinajstić information content (AvgIpc) is 2.35. The number of nitrogens with zero attached hydrogens (tertiary/aromatic N) is 1.